The Morgan fingerprint density at radius 3 is 2.65 bits per heavy atom. The molecule has 1 heterocycles. The SMILES string of the molecule is O=C(c1cc(Br)c[nH]1)N(Cc1ccccc1)CC1CC1. The van der Waals surface area contributed by atoms with Crippen LogP contribution in [-0.4, -0.2) is 22.3 Å². The van der Waals surface area contributed by atoms with Crippen LogP contribution in [0.5, 0.6) is 0 Å². The van der Waals surface area contributed by atoms with Crippen LogP contribution in [0.15, 0.2) is 47.1 Å². The lowest BCUT2D eigenvalue weighted by Crippen LogP contribution is -2.32. The normalized spacial score (nSPS) is 14.2. The first-order valence-corrected chi connectivity index (χ1v) is 7.69. The molecule has 0 bridgehead atoms. The molecule has 1 fully saturated rings. The number of rotatable bonds is 5. The second-order valence-corrected chi connectivity index (χ2v) is 6.26. The zero-order valence-corrected chi connectivity index (χ0v) is 12.8. The van der Waals surface area contributed by atoms with E-state index in [1.807, 2.05) is 29.2 Å². The van der Waals surface area contributed by atoms with Gasteiger partial charge in [0.05, 0.1) is 0 Å². The zero-order chi connectivity index (χ0) is 13.9. The summed E-state index contributed by atoms with van der Waals surface area (Å²) in [7, 11) is 0. The number of H-pyrrole nitrogens is 1. The monoisotopic (exact) mass is 332 g/mol. The number of benzene rings is 1. The molecule has 1 N–H and O–H groups in total. The molecule has 0 spiro atoms. The molecule has 1 aromatic carbocycles. The zero-order valence-electron chi connectivity index (χ0n) is 11.2. The fourth-order valence-electron chi connectivity index (χ4n) is 2.30. The van der Waals surface area contributed by atoms with E-state index < -0.39 is 0 Å². The molecule has 0 radical (unpaired) electrons. The molecule has 20 heavy (non-hydrogen) atoms. The van der Waals surface area contributed by atoms with E-state index in [4.69, 9.17) is 0 Å². The van der Waals surface area contributed by atoms with Gasteiger partial charge in [-0.2, -0.15) is 0 Å². The lowest BCUT2D eigenvalue weighted by molar-refractivity contribution is 0.0729. The Labute approximate surface area is 127 Å². The maximum absolute atomic E-state index is 12.6. The molecule has 2 aromatic rings. The summed E-state index contributed by atoms with van der Waals surface area (Å²) in [5.41, 5.74) is 1.82. The van der Waals surface area contributed by atoms with Gasteiger partial charge >= 0.3 is 0 Å². The Balaban J connectivity index is 1.76. The summed E-state index contributed by atoms with van der Waals surface area (Å²) in [6.45, 7) is 1.52. The third-order valence-corrected chi connectivity index (χ3v) is 4.02. The lowest BCUT2D eigenvalue weighted by Gasteiger charge is -2.22. The molecule has 0 unspecified atom stereocenters. The topological polar surface area (TPSA) is 36.1 Å². The first kappa shape index (κ1) is 13.4. The summed E-state index contributed by atoms with van der Waals surface area (Å²) >= 11 is 3.38. The summed E-state index contributed by atoms with van der Waals surface area (Å²) < 4.78 is 0.909. The number of hydrogen-bond donors (Lipinski definition) is 1. The molecule has 1 aliphatic rings. The molecule has 0 saturated heterocycles. The Morgan fingerprint density at radius 1 is 1.30 bits per heavy atom. The average molecular weight is 333 g/mol. The molecule has 4 heteroatoms. The quantitative estimate of drug-likeness (QED) is 0.887. The highest BCUT2D eigenvalue weighted by atomic mass is 79.9. The predicted octanol–water partition coefficient (Wildman–Crippen LogP) is 3.83. The van der Waals surface area contributed by atoms with Gasteiger partial charge in [0.25, 0.3) is 5.91 Å². The molecule has 3 nitrogen and oxygen atoms in total. The van der Waals surface area contributed by atoms with Crippen LogP contribution >= 0.6 is 15.9 Å². The van der Waals surface area contributed by atoms with E-state index in [0.717, 1.165) is 11.0 Å². The molecule has 104 valence electrons. The molecule has 1 aliphatic carbocycles. The lowest BCUT2D eigenvalue weighted by atomic mass is 10.2. The van der Waals surface area contributed by atoms with Crippen LogP contribution < -0.4 is 0 Å². The van der Waals surface area contributed by atoms with Crippen molar-refractivity contribution in [2.75, 3.05) is 6.54 Å². The summed E-state index contributed by atoms with van der Waals surface area (Å²) in [5.74, 6) is 0.757. The van der Waals surface area contributed by atoms with Crippen LogP contribution in [0, 0.1) is 5.92 Å². The smallest absolute Gasteiger partial charge is 0.270 e. The van der Waals surface area contributed by atoms with Crippen molar-refractivity contribution in [3.63, 3.8) is 0 Å². The van der Waals surface area contributed by atoms with Gasteiger partial charge in [0.1, 0.15) is 5.69 Å². The van der Waals surface area contributed by atoms with Crippen LogP contribution in [0.25, 0.3) is 0 Å². The summed E-state index contributed by atoms with van der Waals surface area (Å²) in [6, 6.07) is 12.0. The van der Waals surface area contributed by atoms with Crippen molar-refractivity contribution in [2.24, 2.45) is 5.92 Å². The van der Waals surface area contributed by atoms with Crippen LogP contribution in [0.1, 0.15) is 28.9 Å². The number of amides is 1. The second-order valence-electron chi connectivity index (χ2n) is 5.35. The standard InChI is InChI=1S/C16H17BrN2O/c17-14-8-15(18-9-14)16(20)19(11-13-6-7-13)10-12-4-2-1-3-5-12/h1-5,8-9,13,18H,6-7,10-11H2. The Bertz CT molecular complexity index is 590. The first-order chi connectivity index (χ1) is 9.72. The number of aromatic nitrogens is 1. The van der Waals surface area contributed by atoms with Crippen molar-refractivity contribution in [2.45, 2.75) is 19.4 Å². The number of carbonyl (C=O) groups excluding carboxylic acids is 1. The number of carbonyl (C=O) groups is 1. The van der Waals surface area contributed by atoms with E-state index in [1.54, 1.807) is 6.20 Å². The summed E-state index contributed by atoms with van der Waals surface area (Å²) in [6.07, 6.45) is 4.28. The molecular formula is C16H17BrN2O. The minimum Gasteiger partial charge on any atom is -0.356 e. The van der Waals surface area contributed by atoms with E-state index in [9.17, 15) is 4.79 Å². The first-order valence-electron chi connectivity index (χ1n) is 6.89. The van der Waals surface area contributed by atoms with Crippen LogP contribution in [0.4, 0.5) is 0 Å². The van der Waals surface area contributed by atoms with Gasteiger partial charge in [-0.25, -0.2) is 0 Å². The molecule has 1 amide bonds. The minimum atomic E-state index is 0.0754. The van der Waals surface area contributed by atoms with Crippen molar-refractivity contribution >= 4 is 21.8 Å². The maximum atomic E-state index is 12.6. The Kier molecular flexibility index (Phi) is 3.92. The summed E-state index contributed by atoms with van der Waals surface area (Å²) in [4.78, 5) is 17.6. The van der Waals surface area contributed by atoms with Crippen molar-refractivity contribution < 1.29 is 4.79 Å². The number of nitrogens with zero attached hydrogens (tertiary/aromatic N) is 1. The van der Waals surface area contributed by atoms with Gasteiger partial charge in [-0.15, -0.1) is 0 Å². The fraction of sp³-hybridized carbons (Fsp3) is 0.312. The van der Waals surface area contributed by atoms with Crippen molar-refractivity contribution in [3.8, 4) is 0 Å². The molecule has 3 rings (SSSR count). The fourth-order valence-corrected chi connectivity index (χ4v) is 2.64. The van der Waals surface area contributed by atoms with Crippen LogP contribution in [0.3, 0.4) is 0 Å². The van der Waals surface area contributed by atoms with Gasteiger partial charge < -0.3 is 9.88 Å². The number of aromatic amines is 1. The van der Waals surface area contributed by atoms with Crippen molar-refractivity contribution in [1.29, 1.82) is 0 Å². The third-order valence-electron chi connectivity index (χ3n) is 3.56. The second kappa shape index (κ2) is 5.83. The van der Waals surface area contributed by atoms with E-state index in [2.05, 4.69) is 33.0 Å². The Hall–Kier alpha value is -1.55. The Morgan fingerprint density at radius 2 is 2.05 bits per heavy atom. The molecule has 0 aliphatic heterocycles. The van der Waals surface area contributed by atoms with E-state index >= 15 is 0 Å². The highest BCUT2D eigenvalue weighted by Crippen LogP contribution is 2.30. The van der Waals surface area contributed by atoms with Crippen molar-refractivity contribution in [1.82, 2.24) is 9.88 Å². The highest BCUT2D eigenvalue weighted by Gasteiger charge is 2.27. The molecule has 1 aromatic heterocycles. The minimum absolute atomic E-state index is 0.0754. The van der Waals surface area contributed by atoms with E-state index in [1.165, 1.54) is 18.4 Å². The number of halogens is 1. The average Bonchev–Trinajstić information content (AvgIpc) is 3.17. The van der Waals surface area contributed by atoms with Gasteiger partial charge in [0.15, 0.2) is 0 Å². The number of hydrogen-bond acceptors (Lipinski definition) is 1. The van der Waals surface area contributed by atoms with Gasteiger partial charge in [-0.1, -0.05) is 30.3 Å². The summed E-state index contributed by atoms with van der Waals surface area (Å²) in [5, 5.41) is 0. The maximum Gasteiger partial charge on any atom is 0.270 e. The van der Waals surface area contributed by atoms with Gasteiger partial charge in [-0.3, -0.25) is 4.79 Å². The predicted molar refractivity (Wildman–Crippen MR) is 82.4 cm³/mol. The third kappa shape index (κ3) is 3.31. The van der Waals surface area contributed by atoms with Crippen LogP contribution in [0.2, 0.25) is 0 Å². The van der Waals surface area contributed by atoms with E-state index in [0.29, 0.717) is 18.2 Å². The molecule has 0 atom stereocenters. The highest BCUT2D eigenvalue weighted by molar-refractivity contribution is 9.10. The van der Waals surface area contributed by atoms with Gasteiger partial charge in [0.2, 0.25) is 0 Å². The molecular weight excluding hydrogens is 316 g/mol. The number of nitrogens with one attached hydrogen (secondary N) is 1. The van der Waals surface area contributed by atoms with E-state index in [-0.39, 0.29) is 5.91 Å². The van der Waals surface area contributed by atoms with Crippen LogP contribution in [-0.2, 0) is 6.54 Å². The molecule has 1 saturated carbocycles. The largest absolute Gasteiger partial charge is 0.356 e. The van der Waals surface area contributed by atoms with Gasteiger partial charge in [0, 0.05) is 23.8 Å². The van der Waals surface area contributed by atoms with Crippen molar-refractivity contribution in [3.05, 3.63) is 58.3 Å². The van der Waals surface area contributed by atoms with Gasteiger partial charge in [-0.05, 0) is 46.3 Å².